The van der Waals surface area contributed by atoms with E-state index in [1.807, 2.05) is 18.2 Å². The summed E-state index contributed by atoms with van der Waals surface area (Å²) >= 11 is 0. The molecule has 1 atom stereocenters. The maximum atomic E-state index is 13.0. The van der Waals surface area contributed by atoms with Crippen molar-refractivity contribution in [1.29, 1.82) is 0 Å². The van der Waals surface area contributed by atoms with Crippen LogP contribution in [-0.2, 0) is 19.9 Å². The molecule has 3 rings (SSSR count). The zero-order valence-electron chi connectivity index (χ0n) is 32.4. The first-order chi connectivity index (χ1) is 25.2. The van der Waals surface area contributed by atoms with Gasteiger partial charge in [0.2, 0.25) is 5.91 Å². The summed E-state index contributed by atoms with van der Waals surface area (Å²) in [7, 11) is 0. The van der Waals surface area contributed by atoms with Crippen LogP contribution in [-0.4, -0.2) is 31.8 Å². The van der Waals surface area contributed by atoms with Crippen LogP contribution in [0.5, 0.6) is 0 Å². The van der Waals surface area contributed by atoms with Crippen LogP contribution < -0.4 is 5.32 Å². The Balaban J connectivity index is 1.59. The molecule has 0 fully saturated rings. The molecule has 0 saturated heterocycles. The number of carbonyl (C=O) groups excluding carboxylic acids is 1. The molecule has 4 heteroatoms. The Bertz CT molecular complexity index is 1140. The summed E-state index contributed by atoms with van der Waals surface area (Å²) in [5, 5.41) is 3.21. The lowest BCUT2D eigenvalue weighted by Crippen LogP contribution is -2.41. The first-order valence-electron chi connectivity index (χ1n) is 20.9. The number of nitrogens with one attached hydrogen (secondary N) is 1. The second kappa shape index (κ2) is 27.7. The third kappa shape index (κ3) is 17.0. The second-order valence-corrected chi connectivity index (χ2v) is 14.5. The minimum Gasteiger partial charge on any atom is -0.374 e. The summed E-state index contributed by atoms with van der Waals surface area (Å²) in [6.45, 7) is 6.02. The molecule has 1 N–H and O–H groups in total. The SMILES string of the molecule is CCCCCCCCCCCCCOC(CNC(=O)CCCCCCCCCCC)COC(c1ccccc1)(c1ccccc1)c1ccccc1. The van der Waals surface area contributed by atoms with Crippen molar-refractivity contribution in [2.45, 2.75) is 160 Å². The fraction of sp³-hybridized carbons (Fsp3) is 0.596. The first kappa shape index (κ1) is 42.5. The second-order valence-electron chi connectivity index (χ2n) is 14.5. The summed E-state index contributed by atoms with van der Waals surface area (Å²) in [5.74, 6) is 0.113. The molecule has 282 valence electrons. The van der Waals surface area contributed by atoms with Crippen LogP contribution in [0.25, 0.3) is 0 Å². The van der Waals surface area contributed by atoms with Crippen LogP contribution in [0.3, 0.4) is 0 Å². The van der Waals surface area contributed by atoms with Gasteiger partial charge in [-0.1, -0.05) is 220 Å². The van der Waals surface area contributed by atoms with Crippen molar-refractivity contribution in [1.82, 2.24) is 5.32 Å². The monoisotopic (exact) mass is 698 g/mol. The van der Waals surface area contributed by atoms with Crippen molar-refractivity contribution in [2.75, 3.05) is 19.8 Å². The van der Waals surface area contributed by atoms with Gasteiger partial charge in [-0.05, 0) is 29.5 Å². The van der Waals surface area contributed by atoms with E-state index < -0.39 is 5.60 Å². The number of benzene rings is 3. The predicted octanol–water partition coefficient (Wildman–Crippen LogP) is 12.7. The maximum absolute atomic E-state index is 13.0. The van der Waals surface area contributed by atoms with Crippen molar-refractivity contribution < 1.29 is 14.3 Å². The van der Waals surface area contributed by atoms with Crippen molar-refractivity contribution in [2.24, 2.45) is 0 Å². The molecule has 0 bridgehead atoms. The number of hydrogen-bond donors (Lipinski definition) is 1. The van der Waals surface area contributed by atoms with Crippen molar-refractivity contribution in [3.63, 3.8) is 0 Å². The minimum absolute atomic E-state index is 0.113. The smallest absolute Gasteiger partial charge is 0.220 e. The average Bonchev–Trinajstić information content (AvgIpc) is 3.17. The molecule has 0 aliphatic heterocycles. The largest absolute Gasteiger partial charge is 0.374 e. The molecule has 0 saturated carbocycles. The van der Waals surface area contributed by atoms with E-state index >= 15 is 0 Å². The van der Waals surface area contributed by atoms with E-state index in [4.69, 9.17) is 9.47 Å². The Labute approximate surface area is 312 Å². The Morgan fingerprint density at radius 1 is 0.529 bits per heavy atom. The maximum Gasteiger partial charge on any atom is 0.220 e. The number of ether oxygens (including phenoxy) is 2. The standard InChI is InChI=1S/C47H71NO3/c1-3-5-7-9-11-13-14-16-18-20-31-39-50-45(40-48-46(49)38-30-19-17-15-12-10-8-6-4-2)41-51-47(42-32-24-21-25-33-42,43-34-26-22-27-35-43)44-36-28-23-29-37-44/h21-29,32-37,45H,3-20,30-31,38-41H2,1-2H3,(H,48,49). The van der Waals surface area contributed by atoms with Crippen molar-refractivity contribution in [3.8, 4) is 0 Å². The van der Waals surface area contributed by atoms with Gasteiger partial charge in [-0.15, -0.1) is 0 Å². The quantitative estimate of drug-likeness (QED) is 0.0538. The summed E-state index contributed by atoms with van der Waals surface area (Å²) in [6, 6.07) is 31.5. The number of amides is 1. The topological polar surface area (TPSA) is 47.6 Å². The summed E-state index contributed by atoms with van der Waals surface area (Å²) < 4.78 is 13.7. The molecule has 51 heavy (non-hydrogen) atoms. The fourth-order valence-corrected chi connectivity index (χ4v) is 7.08. The number of hydrogen-bond acceptors (Lipinski definition) is 3. The van der Waals surface area contributed by atoms with Gasteiger partial charge in [-0.2, -0.15) is 0 Å². The lowest BCUT2D eigenvalue weighted by molar-refractivity contribution is -0.122. The van der Waals surface area contributed by atoms with Gasteiger partial charge in [0.05, 0.1) is 12.7 Å². The van der Waals surface area contributed by atoms with Crippen LogP contribution >= 0.6 is 0 Å². The number of unbranched alkanes of at least 4 members (excludes halogenated alkanes) is 18. The van der Waals surface area contributed by atoms with Gasteiger partial charge in [0.15, 0.2) is 0 Å². The van der Waals surface area contributed by atoms with E-state index in [1.165, 1.54) is 109 Å². The molecule has 3 aromatic rings. The molecule has 0 aliphatic carbocycles. The molecule has 1 amide bonds. The van der Waals surface area contributed by atoms with Crippen LogP contribution in [0.4, 0.5) is 0 Å². The highest BCUT2D eigenvalue weighted by atomic mass is 16.5. The van der Waals surface area contributed by atoms with E-state index in [2.05, 4.69) is 92.0 Å². The van der Waals surface area contributed by atoms with Crippen molar-refractivity contribution >= 4 is 5.91 Å². The molecule has 3 aromatic carbocycles. The Morgan fingerprint density at radius 3 is 1.31 bits per heavy atom. The number of carbonyl (C=O) groups is 1. The molecule has 4 nitrogen and oxygen atoms in total. The zero-order valence-corrected chi connectivity index (χ0v) is 32.4. The first-order valence-corrected chi connectivity index (χ1v) is 20.9. The minimum atomic E-state index is -0.817. The molecule has 1 unspecified atom stereocenters. The van der Waals surface area contributed by atoms with Gasteiger partial charge in [0.25, 0.3) is 0 Å². The molecule has 0 spiro atoms. The molecule has 0 heterocycles. The highest BCUT2D eigenvalue weighted by molar-refractivity contribution is 5.75. The van der Waals surface area contributed by atoms with E-state index in [0.29, 0.717) is 26.2 Å². The van der Waals surface area contributed by atoms with E-state index in [-0.39, 0.29) is 12.0 Å². The van der Waals surface area contributed by atoms with E-state index in [1.54, 1.807) is 0 Å². The summed E-state index contributed by atoms with van der Waals surface area (Å²) in [4.78, 5) is 13.0. The van der Waals surface area contributed by atoms with Crippen LogP contribution in [0.15, 0.2) is 91.0 Å². The van der Waals surface area contributed by atoms with Crippen molar-refractivity contribution in [3.05, 3.63) is 108 Å². The third-order valence-corrected chi connectivity index (χ3v) is 10.2. The van der Waals surface area contributed by atoms with Gasteiger partial charge >= 0.3 is 0 Å². The highest BCUT2D eigenvalue weighted by Gasteiger charge is 2.38. The lowest BCUT2D eigenvalue weighted by Gasteiger charge is -2.37. The zero-order chi connectivity index (χ0) is 36.1. The summed E-state index contributed by atoms with van der Waals surface area (Å²) in [5.41, 5.74) is 2.39. The Morgan fingerprint density at radius 2 is 0.902 bits per heavy atom. The van der Waals surface area contributed by atoms with Gasteiger partial charge in [-0.3, -0.25) is 4.79 Å². The molecular formula is C47H71NO3. The van der Waals surface area contributed by atoms with Crippen LogP contribution in [0, 0.1) is 0 Å². The normalized spacial score (nSPS) is 12.2. The predicted molar refractivity (Wildman–Crippen MR) is 216 cm³/mol. The number of rotatable bonds is 31. The van der Waals surface area contributed by atoms with Gasteiger partial charge in [0.1, 0.15) is 5.60 Å². The van der Waals surface area contributed by atoms with Crippen LogP contribution in [0.1, 0.15) is 165 Å². The van der Waals surface area contributed by atoms with E-state index in [0.717, 1.165) is 36.0 Å². The van der Waals surface area contributed by atoms with Gasteiger partial charge in [-0.25, -0.2) is 0 Å². The molecule has 0 aromatic heterocycles. The molecular weight excluding hydrogens is 627 g/mol. The highest BCUT2D eigenvalue weighted by Crippen LogP contribution is 2.40. The van der Waals surface area contributed by atoms with Gasteiger partial charge < -0.3 is 14.8 Å². The van der Waals surface area contributed by atoms with E-state index in [9.17, 15) is 4.79 Å². The molecule has 0 aliphatic rings. The Hall–Kier alpha value is -2.95. The lowest BCUT2D eigenvalue weighted by atomic mass is 9.80. The Kier molecular flexibility index (Phi) is 23.0. The third-order valence-electron chi connectivity index (χ3n) is 10.2. The van der Waals surface area contributed by atoms with Crippen LogP contribution in [0.2, 0.25) is 0 Å². The molecule has 0 radical (unpaired) electrons. The van der Waals surface area contributed by atoms with Gasteiger partial charge in [0, 0.05) is 19.6 Å². The average molecular weight is 698 g/mol. The summed E-state index contributed by atoms with van der Waals surface area (Å²) in [6.07, 6.45) is 25.9. The fourth-order valence-electron chi connectivity index (χ4n) is 7.08.